The van der Waals surface area contributed by atoms with Crippen LogP contribution in [0.3, 0.4) is 0 Å². The largest absolute Gasteiger partial charge is 0.444 e. The molecule has 0 aromatic heterocycles. The fraction of sp³-hybridized carbons (Fsp3) is 0.708. The van der Waals surface area contributed by atoms with Crippen molar-refractivity contribution in [1.29, 1.82) is 0 Å². The predicted molar refractivity (Wildman–Crippen MR) is 112 cm³/mol. The number of aryl methyl sites for hydroxylation is 1. The molecule has 4 heteroatoms. The van der Waals surface area contributed by atoms with Crippen LogP contribution in [0.4, 0.5) is 4.79 Å². The molecule has 28 heavy (non-hydrogen) atoms. The Labute approximate surface area is 170 Å². The molecule has 1 aromatic rings. The smallest absolute Gasteiger partial charge is 0.410 e. The zero-order valence-corrected chi connectivity index (χ0v) is 17.9. The van der Waals surface area contributed by atoms with Crippen LogP contribution in [-0.4, -0.2) is 42.9 Å². The molecule has 0 atom stereocenters. The lowest BCUT2D eigenvalue weighted by atomic mass is 9.74. The maximum atomic E-state index is 12.4. The van der Waals surface area contributed by atoms with Crippen molar-refractivity contribution in [3.8, 4) is 0 Å². The molecule has 2 fully saturated rings. The summed E-state index contributed by atoms with van der Waals surface area (Å²) in [4.78, 5) is 14.3. The van der Waals surface area contributed by atoms with E-state index in [2.05, 4.69) is 30.3 Å². The van der Waals surface area contributed by atoms with Crippen LogP contribution in [0.2, 0.25) is 0 Å². The van der Waals surface area contributed by atoms with Gasteiger partial charge in [-0.05, 0) is 76.2 Å². The van der Waals surface area contributed by atoms with Gasteiger partial charge in [0.15, 0.2) is 0 Å². The van der Waals surface area contributed by atoms with Crippen molar-refractivity contribution >= 4 is 6.09 Å². The molecule has 0 spiro atoms. The summed E-state index contributed by atoms with van der Waals surface area (Å²) < 4.78 is 11.8. The predicted octanol–water partition coefficient (Wildman–Crippen LogP) is 5.45. The summed E-state index contributed by atoms with van der Waals surface area (Å²) in [6.07, 6.45) is 7.99. The van der Waals surface area contributed by atoms with E-state index in [0.717, 1.165) is 57.9 Å². The summed E-state index contributed by atoms with van der Waals surface area (Å²) in [6, 6.07) is 10.7. The van der Waals surface area contributed by atoms with Gasteiger partial charge in [-0.1, -0.05) is 36.8 Å². The van der Waals surface area contributed by atoms with Gasteiger partial charge in [-0.3, -0.25) is 0 Å². The Bertz CT molecular complexity index is 610. The molecule has 156 valence electrons. The molecule has 0 N–H and O–H groups in total. The lowest BCUT2D eigenvalue weighted by Gasteiger charge is -2.42. The van der Waals surface area contributed by atoms with Gasteiger partial charge >= 0.3 is 6.09 Å². The number of likely N-dealkylation sites (tertiary alicyclic amines) is 1. The Balaban J connectivity index is 1.56. The summed E-state index contributed by atoms with van der Waals surface area (Å²) in [5.41, 5.74) is 1.11. The lowest BCUT2D eigenvalue weighted by molar-refractivity contribution is -0.0321. The van der Waals surface area contributed by atoms with Gasteiger partial charge in [0.25, 0.3) is 0 Å². The van der Waals surface area contributed by atoms with Crippen LogP contribution in [0.1, 0.15) is 64.9 Å². The number of benzene rings is 1. The number of rotatable bonds is 7. The van der Waals surface area contributed by atoms with E-state index in [1.54, 1.807) is 0 Å². The molecular formula is C24H37NO3. The van der Waals surface area contributed by atoms with Gasteiger partial charge in [-0.25, -0.2) is 4.79 Å². The van der Waals surface area contributed by atoms with Gasteiger partial charge in [-0.2, -0.15) is 0 Å². The Morgan fingerprint density at radius 3 is 2.39 bits per heavy atom. The molecule has 4 nitrogen and oxygen atoms in total. The number of piperidine rings is 1. The Kier molecular flexibility index (Phi) is 7.03. The van der Waals surface area contributed by atoms with Gasteiger partial charge in [0.2, 0.25) is 0 Å². The lowest BCUT2D eigenvalue weighted by Crippen LogP contribution is -2.47. The molecule has 1 aliphatic heterocycles. The number of carbonyl (C=O) groups is 1. The first-order chi connectivity index (χ1) is 13.4. The number of ether oxygens (including phenoxy) is 2. The molecule has 1 aromatic carbocycles. The highest BCUT2D eigenvalue weighted by Crippen LogP contribution is 2.38. The van der Waals surface area contributed by atoms with Gasteiger partial charge in [0.1, 0.15) is 5.60 Å². The summed E-state index contributed by atoms with van der Waals surface area (Å²) >= 11 is 0. The normalized spacial score (nSPS) is 19.9. The SMILES string of the molecule is CC(C)(C)OC(=O)N1CCC(CCc2ccccc2)(COCC2CCC2)CC1. The van der Waals surface area contributed by atoms with Crippen molar-refractivity contribution < 1.29 is 14.3 Å². The first-order valence-corrected chi connectivity index (χ1v) is 10.9. The van der Waals surface area contributed by atoms with E-state index in [-0.39, 0.29) is 11.5 Å². The van der Waals surface area contributed by atoms with Crippen molar-refractivity contribution in [2.75, 3.05) is 26.3 Å². The third kappa shape index (κ3) is 6.23. The van der Waals surface area contributed by atoms with Crippen LogP contribution in [0, 0.1) is 11.3 Å². The van der Waals surface area contributed by atoms with Crippen molar-refractivity contribution in [3.63, 3.8) is 0 Å². The van der Waals surface area contributed by atoms with Crippen molar-refractivity contribution in [3.05, 3.63) is 35.9 Å². The van der Waals surface area contributed by atoms with E-state index in [0.29, 0.717) is 0 Å². The zero-order valence-electron chi connectivity index (χ0n) is 17.9. The number of hydrogen-bond acceptors (Lipinski definition) is 3. The topological polar surface area (TPSA) is 38.8 Å². The van der Waals surface area contributed by atoms with Gasteiger partial charge < -0.3 is 14.4 Å². The number of carbonyl (C=O) groups excluding carboxylic acids is 1. The second-order valence-corrected chi connectivity index (χ2v) is 9.77. The van der Waals surface area contributed by atoms with E-state index in [1.165, 1.54) is 24.8 Å². The van der Waals surface area contributed by atoms with E-state index in [1.807, 2.05) is 25.7 Å². The molecule has 0 unspecified atom stereocenters. The maximum absolute atomic E-state index is 12.4. The van der Waals surface area contributed by atoms with Crippen LogP contribution in [0.15, 0.2) is 30.3 Å². The van der Waals surface area contributed by atoms with Crippen LogP contribution in [0.25, 0.3) is 0 Å². The average molecular weight is 388 g/mol. The number of hydrogen-bond donors (Lipinski definition) is 0. The minimum Gasteiger partial charge on any atom is -0.444 e. The van der Waals surface area contributed by atoms with Crippen LogP contribution in [-0.2, 0) is 15.9 Å². The summed E-state index contributed by atoms with van der Waals surface area (Å²) in [5, 5.41) is 0. The van der Waals surface area contributed by atoms with E-state index < -0.39 is 5.60 Å². The van der Waals surface area contributed by atoms with Crippen molar-refractivity contribution in [1.82, 2.24) is 4.90 Å². The summed E-state index contributed by atoms with van der Waals surface area (Å²) in [7, 11) is 0. The molecule has 0 bridgehead atoms. The highest BCUT2D eigenvalue weighted by Gasteiger charge is 2.37. The Morgan fingerprint density at radius 2 is 1.82 bits per heavy atom. The molecule has 1 heterocycles. The summed E-state index contributed by atoms with van der Waals surface area (Å²) in [6.45, 7) is 9.02. The maximum Gasteiger partial charge on any atom is 0.410 e. The van der Waals surface area contributed by atoms with Gasteiger partial charge in [-0.15, -0.1) is 0 Å². The second kappa shape index (κ2) is 9.30. The van der Waals surface area contributed by atoms with E-state index in [9.17, 15) is 4.79 Å². The minimum absolute atomic E-state index is 0.165. The standard InChI is InChI=1S/C24H37NO3/c1-23(2,3)28-22(26)25-16-14-24(15-17-25,19-27-18-21-10-7-11-21)13-12-20-8-5-4-6-9-20/h4-6,8-9,21H,7,10-19H2,1-3H3. The fourth-order valence-electron chi connectivity index (χ4n) is 4.11. The monoisotopic (exact) mass is 387 g/mol. The molecule has 1 amide bonds. The van der Waals surface area contributed by atoms with Crippen molar-refractivity contribution in [2.45, 2.75) is 71.3 Å². The van der Waals surface area contributed by atoms with Crippen LogP contribution in [0.5, 0.6) is 0 Å². The molecule has 3 rings (SSSR count). The first-order valence-electron chi connectivity index (χ1n) is 10.9. The number of amides is 1. The average Bonchev–Trinajstić information content (AvgIpc) is 2.62. The van der Waals surface area contributed by atoms with Gasteiger partial charge in [0, 0.05) is 19.7 Å². The van der Waals surface area contributed by atoms with E-state index in [4.69, 9.17) is 9.47 Å². The first kappa shape index (κ1) is 21.2. The Morgan fingerprint density at radius 1 is 1.14 bits per heavy atom. The molecule has 1 aliphatic carbocycles. The highest BCUT2D eigenvalue weighted by atomic mass is 16.6. The van der Waals surface area contributed by atoms with Crippen LogP contribution >= 0.6 is 0 Å². The van der Waals surface area contributed by atoms with Crippen LogP contribution < -0.4 is 0 Å². The Hall–Kier alpha value is -1.55. The quantitative estimate of drug-likeness (QED) is 0.624. The van der Waals surface area contributed by atoms with Crippen molar-refractivity contribution in [2.24, 2.45) is 11.3 Å². The molecule has 2 aliphatic rings. The fourth-order valence-corrected chi connectivity index (χ4v) is 4.11. The van der Waals surface area contributed by atoms with E-state index >= 15 is 0 Å². The third-order valence-corrected chi connectivity index (χ3v) is 6.25. The van der Waals surface area contributed by atoms with Gasteiger partial charge in [0.05, 0.1) is 6.61 Å². The molecule has 1 saturated carbocycles. The zero-order chi connectivity index (χ0) is 20.0. The molecule has 0 radical (unpaired) electrons. The molecule has 1 saturated heterocycles. The summed E-state index contributed by atoms with van der Waals surface area (Å²) in [5.74, 6) is 0.771. The second-order valence-electron chi connectivity index (χ2n) is 9.77. The highest BCUT2D eigenvalue weighted by molar-refractivity contribution is 5.68. The molecular weight excluding hydrogens is 350 g/mol. The number of nitrogens with zero attached hydrogens (tertiary/aromatic N) is 1. The third-order valence-electron chi connectivity index (χ3n) is 6.25. The minimum atomic E-state index is -0.440.